The number of nitrogens with one attached hydrogen (secondary N) is 4. The van der Waals surface area contributed by atoms with Crippen LogP contribution in [0.25, 0.3) is 6.08 Å². The summed E-state index contributed by atoms with van der Waals surface area (Å²) in [5.41, 5.74) is 4.44. The van der Waals surface area contributed by atoms with Crippen LogP contribution in [0.3, 0.4) is 0 Å². The summed E-state index contributed by atoms with van der Waals surface area (Å²) in [7, 11) is -15.2. The largest absolute Gasteiger partial charge is 0.507 e. The fourth-order valence-electron chi connectivity index (χ4n) is 6.16. The van der Waals surface area contributed by atoms with Gasteiger partial charge in [-0.05, 0) is 96.6 Å². The Balaban J connectivity index is 1.12. The summed E-state index contributed by atoms with van der Waals surface area (Å²) < 4.78 is 104. The van der Waals surface area contributed by atoms with Crippen molar-refractivity contribution in [2.75, 3.05) is 21.6 Å². The first kappa shape index (κ1) is 48.1. The third-order valence-electron chi connectivity index (χ3n) is 9.41. The summed E-state index contributed by atoms with van der Waals surface area (Å²) in [6.45, 7) is 0. The highest BCUT2D eigenvalue weighted by Crippen LogP contribution is 2.36. The molecule has 0 amide bonds. The molecule has 4 aromatic rings. The number of ketones is 3. The maximum atomic E-state index is 13.9. The highest BCUT2D eigenvalue weighted by molar-refractivity contribution is 7.91. The standard InChI is InChI=1S/C41H29N9O16S3/c51-32-12-10-23(15-26(32)41(56)57)44-45-24-9-11-28(36(16-24)68(61,62)63)42-21-5-7-22(8-6-21)43-47-29-18-30(35(54)19-34(29)53)48-49-31-17-25(67(58,59)60)13-20-14-37(69(64,65)66)39(40(55)38(20)31)50-46-27-3-1-2-4-33(27)52/h1-19,42-45,51,53H,(H,56,57)(H,58,59,60)(H,61,62,63)(H,64,65,66)/b46-27+,47-29-,49-48?,50-39-. The Morgan fingerprint density at radius 1 is 0.623 bits per heavy atom. The number of rotatable bonds is 14. The molecule has 69 heavy (non-hydrogen) atoms. The number of aromatic carboxylic acids is 1. The molecule has 0 spiro atoms. The quantitative estimate of drug-likeness (QED) is 0.0195. The molecule has 0 fully saturated rings. The highest BCUT2D eigenvalue weighted by atomic mass is 32.2. The summed E-state index contributed by atoms with van der Waals surface area (Å²) in [4.78, 5) is 47.7. The minimum absolute atomic E-state index is 0.0597. The zero-order valence-electron chi connectivity index (χ0n) is 34.2. The Labute approximate surface area is 387 Å². The minimum Gasteiger partial charge on any atom is -0.507 e. The Hall–Kier alpha value is -8.80. The number of carbonyl (C=O) groups excluding carboxylic acids is 3. The second-order valence-corrected chi connectivity index (χ2v) is 18.3. The van der Waals surface area contributed by atoms with E-state index in [9.17, 15) is 73.4 Å². The van der Waals surface area contributed by atoms with Crippen molar-refractivity contribution in [1.82, 2.24) is 0 Å². The summed E-state index contributed by atoms with van der Waals surface area (Å²) in [6.07, 6.45) is 7.35. The number of aliphatic hydroxyl groups is 1. The van der Waals surface area contributed by atoms with E-state index in [0.717, 1.165) is 30.4 Å². The third kappa shape index (κ3) is 11.1. The molecule has 10 N–H and O–H groups in total. The number of carbonyl (C=O) groups is 4. The SMILES string of the molecule is O=C1C=C(O)/C(=N\Nc2ccc(Nc3ccc(NNc4ccc(O)c(C(=O)O)c4)cc3S(=O)(=O)O)cc2)C=C1N=Nc1cc(S(=O)(=O)O)cc2c1C(=O)/C(=N\N=C1/C=CC=CC1=O)C(S(=O)(=O)O)=C2. The first-order valence-electron chi connectivity index (χ1n) is 18.9. The van der Waals surface area contributed by atoms with E-state index in [1.165, 1.54) is 60.7 Å². The van der Waals surface area contributed by atoms with Crippen molar-refractivity contribution in [2.45, 2.75) is 9.79 Å². The van der Waals surface area contributed by atoms with Crippen LogP contribution >= 0.6 is 0 Å². The van der Waals surface area contributed by atoms with Gasteiger partial charge in [0.1, 0.15) is 44.0 Å². The lowest BCUT2D eigenvalue weighted by atomic mass is 9.93. The number of hydrogen-bond acceptors (Lipinski definition) is 21. The lowest BCUT2D eigenvalue weighted by Gasteiger charge is -2.17. The van der Waals surface area contributed by atoms with Gasteiger partial charge in [-0.25, -0.2) is 4.79 Å². The van der Waals surface area contributed by atoms with E-state index in [1.54, 1.807) is 0 Å². The summed E-state index contributed by atoms with van der Waals surface area (Å²) in [5, 5.41) is 51.3. The Morgan fingerprint density at radius 3 is 1.93 bits per heavy atom. The lowest BCUT2D eigenvalue weighted by Crippen LogP contribution is -2.26. The summed E-state index contributed by atoms with van der Waals surface area (Å²) in [5.74, 6) is -5.46. The van der Waals surface area contributed by atoms with Gasteiger partial charge in [-0.2, -0.15) is 30.4 Å². The molecule has 4 aromatic carbocycles. The number of fused-ring (bicyclic) bond motifs is 1. The zero-order valence-corrected chi connectivity index (χ0v) is 36.6. The summed E-state index contributed by atoms with van der Waals surface area (Å²) in [6, 6.07) is 14.6. The Morgan fingerprint density at radius 2 is 1.28 bits per heavy atom. The fourth-order valence-corrected chi connectivity index (χ4v) is 8.03. The second kappa shape index (κ2) is 18.8. The number of hydrazine groups is 1. The number of anilines is 5. The number of allylic oxidation sites excluding steroid dienone is 7. The van der Waals surface area contributed by atoms with E-state index in [1.807, 2.05) is 0 Å². The average molecular weight is 1000 g/mol. The molecule has 0 aliphatic heterocycles. The topological polar surface area (TPSA) is 402 Å². The van der Waals surface area contributed by atoms with Gasteiger partial charge in [0.15, 0.2) is 5.71 Å². The van der Waals surface area contributed by atoms with Crippen LogP contribution in [0.4, 0.5) is 34.1 Å². The number of aliphatic hydroxyl groups excluding tert-OH is 1. The van der Waals surface area contributed by atoms with Crippen molar-refractivity contribution < 1.29 is 73.4 Å². The lowest BCUT2D eigenvalue weighted by molar-refractivity contribution is -0.111. The van der Waals surface area contributed by atoms with Crippen molar-refractivity contribution in [3.63, 3.8) is 0 Å². The molecule has 3 aliphatic carbocycles. The number of hydrazone groups is 1. The predicted molar refractivity (Wildman–Crippen MR) is 246 cm³/mol. The normalized spacial score (nSPS) is 16.9. The highest BCUT2D eigenvalue weighted by Gasteiger charge is 2.36. The van der Waals surface area contributed by atoms with E-state index in [2.05, 4.69) is 47.1 Å². The van der Waals surface area contributed by atoms with Crippen LogP contribution in [-0.4, -0.2) is 94.7 Å². The van der Waals surface area contributed by atoms with Gasteiger partial charge in [0.2, 0.25) is 17.3 Å². The molecule has 0 atom stereocenters. The predicted octanol–water partition coefficient (Wildman–Crippen LogP) is 5.14. The van der Waals surface area contributed by atoms with Crippen LogP contribution in [0.15, 0.2) is 161 Å². The van der Waals surface area contributed by atoms with Crippen LogP contribution in [0.2, 0.25) is 0 Å². The molecule has 352 valence electrons. The third-order valence-corrected chi connectivity index (χ3v) is 12.0. The van der Waals surface area contributed by atoms with Crippen molar-refractivity contribution in [3.05, 3.63) is 142 Å². The molecule has 0 saturated carbocycles. The van der Waals surface area contributed by atoms with Crippen LogP contribution in [0, 0.1) is 0 Å². The van der Waals surface area contributed by atoms with Crippen LogP contribution in [0.5, 0.6) is 5.75 Å². The number of azo groups is 1. The number of Topliss-reactive ketones (excluding diaryl/α,β-unsaturated/α-hetero) is 1. The van der Waals surface area contributed by atoms with E-state index >= 15 is 0 Å². The van der Waals surface area contributed by atoms with Gasteiger partial charge in [-0.15, -0.1) is 20.4 Å². The monoisotopic (exact) mass is 999 g/mol. The van der Waals surface area contributed by atoms with E-state index in [-0.39, 0.29) is 34.2 Å². The van der Waals surface area contributed by atoms with Gasteiger partial charge in [0, 0.05) is 17.8 Å². The van der Waals surface area contributed by atoms with Gasteiger partial charge < -0.3 is 31.5 Å². The van der Waals surface area contributed by atoms with Crippen molar-refractivity contribution >= 4 is 111 Å². The number of phenols is 1. The molecule has 0 heterocycles. The molecule has 0 saturated heterocycles. The van der Waals surface area contributed by atoms with E-state index in [0.29, 0.717) is 30.0 Å². The molecule has 0 bridgehead atoms. The maximum Gasteiger partial charge on any atom is 0.339 e. The van der Waals surface area contributed by atoms with E-state index in [4.69, 9.17) is 0 Å². The van der Waals surface area contributed by atoms with Crippen LogP contribution in [-0.2, 0) is 39.9 Å². The molecular weight excluding hydrogens is 971 g/mol. The van der Waals surface area contributed by atoms with Gasteiger partial charge in [-0.1, -0.05) is 12.2 Å². The number of carboxylic acid groups (broad SMARTS) is 1. The molecule has 25 nitrogen and oxygen atoms in total. The average Bonchev–Trinajstić information content (AvgIpc) is 3.27. The maximum absolute atomic E-state index is 13.9. The fraction of sp³-hybridized carbons (Fsp3) is 0. The smallest absolute Gasteiger partial charge is 0.339 e. The Bertz CT molecular complexity index is 3580. The number of nitrogens with zero attached hydrogens (tertiary/aromatic N) is 5. The van der Waals surface area contributed by atoms with Crippen molar-refractivity contribution in [3.8, 4) is 5.75 Å². The van der Waals surface area contributed by atoms with Gasteiger partial charge in [0.05, 0.1) is 38.9 Å². The molecule has 0 radical (unpaired) electrons. The zero-order chi connectivity index (χ0) is 50.0. The molecule has 28 heteroatoms. The number of aromatic hydroxyl groups is 1. The van der Waals surface area contributed by atoms with Gasteiger partial charge >= 0.3 is 5.97 Å². The molecule has 0 aromatic heterocycles. The van der Waals surface area contributed by atoms with Gasteiger partial charge in [0.25, 0.3) is 30.4 Å². The second-order valence-electron chi connectivity index (χ2n) is 14.1. The van der Waals surface area contributed by atoms with Crippen LogP contribution in [0.1, 0.15) is 26.3 Å². The van der Waals surface area contributed by atoms with E-state index < -0.39 is 114 Å². The van der Waals surface area contributed by atoms with Crippen molar-refractivity contribution in [1.29, 1.82) is 0 Å². The molecule has 7 rings (SSSR count). The Kier molecular flexibility index (Phi) is 13.1. The number of benzene rings is 4. The summed E-state index contributed by atoms with van der Waals surface area (Å²) >= 11 is 0. The minimum atomic E-state index is -5.28. The molecule has 0 unspecified atom stereocenters. The molecule has 3 aliphatic rings. The first-order chi connectivity index (χ1) is 32.5. The number of hydrogen-bond donors (Lipinski definition) is 10. The van der Waals surface area contributed by atoms with Crippen LogP contribution < -0.4 is 21.6 Å². The van der Waals surface area contributed by atoms with Gasteiger partial charge in [-0.3, -0.25) is 33.5 Å². The number of carboxylic acids is 1. The first-order valence-corrected chi connectivity index (χ1v) is 23.2. The molecular formula is C41H29N9O16S3. The van der Waals surface area contributed by atoms with Crippen molar-refractivity contribution in [2.24, 2.45) is 25.5 Å².